The third kappa shape index (κ3) is 3.60. The summed E-state index contributed by atoms with van der Waals surface area (Å²) in [5.74, 6) is 1.52. The zero-order chi connectivity index (χ0) is 22.1. The first-order chi connectivity index (χ1) is 15.7. The molecule has 0 unspecified atom stereocenters. The normalized spacial score (nSPS) is 14.0. The maximum Gasteiger partial charge on any atom is 0.317 e. The van der Waals surface area contributed by atoms with Crippen LogP contribution in [-0.4, -0.2) is 34.8 Å². The van der Waals surface area contributed by atoms with E-state index >= 15 is 0 Å². The molecule has 3 heterocycles. The molecule has 4 aromatic rings. The summed E-state index contributed by atoms with van der Waals surface area (Å²) in [5, 5.41) is 4.76. The van der Waals surface area contributed by atoms with Crippen LogP contribution in [0.5, 0.6) is 17.2 Å². The van der Waals surface area contributed by atoms with Crippen molar-refractivity contribution in [1.82, 2.24) is 14.6 Å². The Morgan fingerprint density at radius 1 is 0.938 bits per heavy atom. The number of hydrogen-bond donors (Lipinski definition) is 1. The number of aromatic amines is 1. The molecule has 0 aliphatic carbocycles. The zero-order valence-electron chi connectivity index (χ0n) is 18.3. The van der Waals surface area contributed by atoms with Crippen LogP contribution in [0.1, 0.15) is 25.0 Å². The highest BCUT2D eigenvalue weighted by Crippen LogP contribution is 2.35. The molecule has 1 aliphatic heterocycles. The van der Waals surface area contributed by atoms with Gasteiger partial charge in [-0.05, 0) is 50.5 Å². The van der Waals surface area contributed by atoms with E-state index in [-0.39, 0.29) is 11.3 Å². The average molecular weight is 431 g/mol. The number of ether oxygens (including phenoxy) is 2. The zero-order valence-corrected chi connectivity index (χ0v) is 18.3. The largest absolute Gasteiger partial charge is 0.497 e. The lowest BCUT2D eigenvalue weighted by atomic mass is 10.1. The van der Waals surface area contributed by atoms with Crippen molar-refractivity contribution in [1.29, 1.82) is 0 Å². The fourth-order valence-electron chi connectivity index (χ4n) is 4.25. The van der Waals surface area contributed by atoms with E-state index in [1.54, 1.807) is 31.4 Å². The second kappa shape index (κ2) is 8.42. The van der Waals surface area contributed by atoms with E-state index in [0.29, 0.717) is 17.1 Å². The summed E-state index contributed by atoms with van der Waals surface area (Å²) in [6.07, 6.45) is 3.49. The molecule has 0 amide bonds. The van der Waals surface area contributed by atoms with Gasteiger partial charge in [-0.25, -0.2) is 0 Å². The first-order valence-corrected chi connectivity index (χ1v) is 10.9. The van der Waals surface area contributed by atoms with Crippen LogP contribution in [0.4, 0.5) is 5.69 Å². The quantitative estimate of drug-likeness (QED) is 0.493. The number of H-pyrrole nitrogens is 1. The highest BCUT2D eigenvalue weighted by molar-refractivity contribution is 5.86. The lowest BCUT2D eigenvalue weighted by Crippen LogP contribution is -2.30. The van der Waals surface area contributed by atoms with Gasteiger partial charge in [-0.15, -0.1) is 0 Å². The molecule has 1 aliphatic rings. The van der Waals surface area contributed by atoms with Crippen molar-refractivity contribution in [3.63, 3.8) is 0 Å². The average Bonchev–Trinajstić information content (AvgIpc) is 3.22. The van der Waals surface area contributed by atoms with Crippen LogP contribution < -0.4 is 19.9 Å². The first kappa shape index (κ1) is 20.2. The number of piperidine rings is 1. The predicted octanol–water partition coefficient (Wildman–Crippen LogP) is 4.79. The van der Waals surface area contributed by atoms with Gasteiger partial charge in [0.1, 0.15) is 22.9 Å². The Bertz CT molecular complexity index is 1290. The minimum absolute atomic E-state index is 0.231. The molecule has 0 bridgehead atoms. The summed E-state index contributed by atoms with van der Waals surface area (Å²) in [7, 11) is 1.61. The first-order valence-electron chi connectivity index (χ1n) is 10.9. The van der Waals surface area contributed by atoms with Crippen molar-refractivity contribution in [3.05, 3.63) is 70.6 Å². The SMILES string of the molecule is COc1ccc(Oc2c(C)[nH]c3c(N4CCCCC4)c(-c4ccccc4)nn3c2=O)cc1. The van der Waals surface area contributed by atoms with Crippen molar-refractivity contribution in [2.24, 2.45) is 0 Å². The molecule has 1 saturated heterocycles. The van der Waals surface area contributed by atoms with Crippen LogP contribution >= 0.6 is 0 Å². The van der Waals surface area contributed by atoms with Crippen molar-refractivity contribution in [2.45, 2.75) is 26.2 Å². The van der Waals surface area contributed by atoms with Gasteiger partial charge in [0.25, 0.3) is 0 Å². The summed E-state index contributed by atoms with van der Waals surface area (Å²) in [5.41, 5.74) is 3.85. The molecule has 7 heteroatoms. The van der Waals surface area contributed by atoms with Gasteiger partial charge in [0.05, 0.1) is 12.8 Å². The molecule has 1 fully saturated rings. The van der Waals surface area contributed by atoms with E-state index in [4.69, 9.17) is 14.6 Å². The lowest BCUT2D eigenvalue weighted by molar-refractivity contribution is 0.412. The number of fused-ring (bicyclic) bond motifs is 1. The van der Waals surface area contributed by atoms with Gasteiger partial charge in [0, 0.05) is 18.7 Å². The summed E-state index contributed by atoms with van der Waals surface area (Å²) in [6.45, 7) is 3.76. The summed E-state index contributed by atoms with van der Waals surface area (Å²) >= 11 is 0. The molecular weight excluding hydrogens is 404 g/mol. The van der Waals surface area contributed by atoms with Gasteiger partial charge in [-0.1, -0.05) is 30.3 Å². The van der Waals surface area contributed by atoms with E-state index in [1.165, 1.54) is 10.9 Å². The second-order valence-corrected chi connectivity index (χ2v) is 8.03. The lowest BCUT2D eigenvalue weighted by Gasteiger charge is -2.28. The predicted molar refractivity (Wildman–Crippen MR) is 125 cm³/mol. The molecule has 0 radical (unpaired) electrons. The van der Waals surface area contributed by atoms with E-state index < -0.39 is 0 Å². The monoisotopic (exact) mass is 430 g/mol. The fraction of sp³-hybridized carbons (Fsp3) is 0.280. The molecule has 0 spiro atoms. The molecule has 7 nitrogen and oxygen atoms in total. The third-order valence-corrected chi connectivity index (χ3v) is 5.89. The Morgan fingerprint density at radius 2 is 1.62 bits per heavy atom. The molecule has 0 saturated carbocycles. The summed E-state index contributed by atoms with van der Waals surface area (Å²) in [4.78, 5) is 19.2. The molecule has 1 N–H and O–H groups in total. The summed E-state index contributed by atoms with van der Waals surface area (Å²) < 4.78 is 12.6. The molecule has 2 aromatic carbocycles. The number of benzene rings is 2. The Balaban J connectivity index is 1.65. The number of rotatable bonds is 5. The Morgan fingerprint density at radius 3 is 2.31 bits per heavy atom. The molecular formula is C25H26N4O3. The standard InChI is InChI=1S/C25H26N4O3/c1-17-23(32-20-13-11-19(31-2)12-14-20)25(30)29-24(26-17)22(28-15-7-4-8-16-28)21(27-29)18-9-5-3-6-10-18/h3,5-6,9-14,26H,4,7-8,15-16H2,1-2H3. The van der Waals surface area contributed by atoms with E-state index in [2.05, 4.69) is 9.88 Å². The number of hydrogen-bond acceptors (Lipinski definition) is 5. The van der Waals surface area contributed by atoms with Crippen LogP contribution in [0.15, 0.2) is 59.4 Å². The Labute approximate surface area is 186 Å². The molecule has 2 aromatic heterocycles. The van der Waals surface area contributed by atoms with Crippen LogP contribution in [0.3, 0.4) is 0 Å². The van der Waals surface area contributed by atoms with Gasteiger partial charge >= 0.3 is 5.56 Å². The van der Waals surface area contributed by atoms with Gasteiger partial charge in [0.15, 0.2) is 5.65 Å². The highest BCUT2D eigenvalue weighted by Gasteiger charge is 2.25. The van der Waals surface area contributed by atoms with Crippen LogP contribution in [0.2, 0.25) is 0 Å². The Kier molecular flexibility index (Phi) is 5.31. The number of methoxy groups -OCH3 is 1. The van der Waals surface area contributed by atoms with Gasteiger partial charge in [0.2, 0.25) is 5.75 Å². The molecule has 5 rings (SSSR count). The molecule has 164 valence electrons. The van der Waals surface area contributed by atoms with Crippen LogP contribution in [0, 0.1) is 6.92 Å². The highest BCUT2D eigenvalue weighted by atomic mass is 16.5. The van der Waals surface area contributed by atoms with E-state index in [0.717, 1.165) is 48.6 Å². The number of nitrogens with zero attached hydrogens (tertiary/aromatic N) is 3. The van der Waals surface area contributed by atoms with E-state index in [1.807, 2.05) is 37.3 Å². The van der Waals surface area contributed by atoms with Crippen molar-refractivity contribution in [3.8, 4) is 28.5 Å². The topological polar surface area (TPSA) is 71.9 Å². The second-order valence-electron chi connectivity index (χ2n) is 8.03. The van der Waals surface area contributed by atoms with Crippen molar-refractivity contribution < 1.29 is 9.47 Å². The van der Waals surface area contributed by atoms with Crippen LogP contribution in [0.25, 0.3) is 16.9 Å². The number of anilines is 1. The maximum atomic E-state index is 13.5. The minimum Gasteiger partial charge on any atom is -0.497 e. The van der Waals surface area contributed by atoms with Gasteiger partial charge < -0.3 is 19.4 Å². The molecule has 0 atom stereocenters. The minimum atomic E-state index is -0.285. The van der Waals surface area contributed by atoms with Gasteiger partial charge in [-0.3, -0.25) is 4.79 Å². The Hall–Kier alpha value is -3.74. The molecule has 32 heavy (non-hydrogen) atoms. The number of nitrogens with one attached hydrogen (secondary N) is 1. The fourth-order valence-corrected chi connectivity index (χ4v) is 4.25. The van der Waals surface area contributed by atoms with Crippen LogP contribution in [-0.2, 0) is 0 Å². The summed E-state index contributed by atoms with van der Waals surface area (Å²) in [6, 6.07) is 17.2. The third-order valence-electron chi connectivity index (χ3n) is 5.89. The van der Waals surface area contributed by atoms with Gasteiger partial charge in [-0.2, -0.15) is 9.61 Å². The number of aryl methyl sites for hydroxylation is 1. The smallest absolute Gasteiger partial charge is 0.317 e. The van der Waals surface area contributed by atoms with E-state index in [9.17, 15) is 4.79 Å². The van der Waals surface area contributed by atoms with Crippen molar-refractivity contribution >= 4 is 11.3 Å². The number of aromatic nitrogens is 3. The van der Waals surface area contributed by atoms with Crippen molar-refractivity contribution in [2.75, 3.05) is 25.1 Å². The maximum absolute atomic E-state index is 13.5.